The summed E-state index contributed by atoms with van der Waals surface area (Å²) in [7, 11) is 0. The molecule has 1 aliphatic carbocycles. The van der Waals surface area contributed by atoms with Gasteiger partial charge < -0.3 is 10.4 Å². The van der Waals surface area contributed by atoms with Crippen molar-refractivity contribution in [1.82, 2.24) is 0 Å². The Kier molecular flexibility index (Phi) is 3.65. The minimum absolute atomic E-state index is 0.0620. The van der Waals surface area contributed by atoms with E-state index >= 15 is 0 Å². The lowest BCUT2D eigenvalue weighted by molar-refractivity contribution is -0.141. The van der Waals surface area contributed by atoms with E-state index in [2.05, 4.69) is 5.32 Å². The first-order valence-corrected chi connectivity index (χ1v) is 6.17. The molecule has 2 N–H and O–H groups in total. The van der Waals surface area contributed by atoms with Gasteiger partial charge in [-0.3, -0.25) is 9.59 Å². The van der Waals surface area contributed by atoms with Crippen LogP contribution in [-0.2, 0) is 9.59 Å². The van der Waals surface area contributed by atoms with Gasteiger partial charge in [0.2, 0.25) is 5.91 Å². The molecule has 1 fully saturated rings. The standard InChI is InChI=1S/C14H17NO3/c1-9-4-2-3-5-12(9)15-13(16)10-6-7-11(8-10)14(17)18/h2-5,10-11H,6-8H2,1H3,(H,15,16)(H,17,18)/t10-,11+/m1/s1. The number of para-hydroxylation sites is 1. The number of hydrogen-bond acceptors (Lipinski definition) is 2. The summed E-state index contributed by atoms with van der Waals surface area (Å²) in [5.41, 5.74) is 1.82. The van der Waals surface area contributed by atoms with Gasteiger partial charge in [-0.05, 0) is 37.8 Å². The Morgan fingerprint density at radius 2 is 1.89 bits per heavy atom. The van der Waals surface area contributed by atoms with E-state index in [9.17, 15) is 9.59 Å². The zero-order valence-electron chi connectivity index (χ0n) is 10.3. The maximum absolute atomic E-state index is 12.0. The molecule has 0 saturated heterocycles. The molecule has 0 aromatic heterocycles. The van der Waals surface area contributed by atoms with Crippen LogP contribution in [0.15, 0.2) is 24.3 Å². The number of carbonyl (C=O) groups is 2. The number of carboxylic acid groups (broad SMARTS) is 1. The van der Waals surface area contributed by atoms with Crippen LogP contribution in [0.4, 0.5) is 5.69 Å². The van der Waals surface area contributed by atoms with Crippen LogP contribution in [0.2, 0.25) is 0 Å². The second-order valence-corrected chi connectivity index (χ2v) is 4.85. The average molecular weight is 247 g/mol. The third kappa shape index (κ3) is 2.70. The molecule has 0 spiro atoms. The molecule has 4 heteroatoms. The smallest absolute Gasteiger partial charge is 0.306 e. The summed E-state index contributed by atoms with van der Waals surface area (Å²) in [6.45, 7) is 1.93. The summed E-state index contributed by atoms with van der Waals surface area (Å²) in [5, 5.41) is 11.8. The van der Waals surface area contributed by atoms with Gasteiger partial charge in [-0.2, -0.15) is 0 Å². The SMILES string of the molecule is Cc1ccccc1NC(=O)[C@@H]1CC[C@H](C(=O)O)C1. The fraction of sp³-hybridized carbons (Fsp3) is 0.429. The van der Waals surface area contributed by atoms with Gasteiger partial charge in [-0.1, -0.05) is 18.2 Å². The molecule has 1 aromatic carbocycles. The topological polar surface area (TPSA) is 66.4 Å². The Morgan fingerprint density at radius 3 is 2.50 bits per heavy atom. The van der Waals surface area contributed by atoms with Crippen molar-refractivity contribution >= 4 is 17.6 Å². The molecule has 0 unspecified atom stereocenters. The lowest BCUT2D eigenvalue weighted by atomic mass is 10.0. The van der Waals surface area contributed by atoms with E-state index in [0.29, 0.717) is 19.3 Å². The Hall–Kier alpha value is -1.84. The van der Waals surface area contributed by atoms with E-state index in [1.807, 2.05) is 31.2 Å². The molecule has 1 amide bonds. The van der Waals surface area contributed by atoms with Crippen molar-refractivity contribution < 1.29 is 14.7 Å². The first kappa shape index (κ1) is 12.6. The van der Waals surface area contributed by atoms with Crippen molar-refractivity contribution in [2.75, 3.05) is 5.32 Å². The predicted molar refractivity (Wildman–Crippen MR) is 68.3 cm³/mol. The van der Waals surface area contributed by atoms with Crippen LogP contribution in [0.3, 0.4) is 0 Å². The summed E-state index contributed by atoms with van der Waals surface area (Å²) in [4.78, 5) is 22.9. The third-order valence-electron chi connectivity index (χ3n) is 3.56. The number of rotatable bonds is 3. The highest BCUT2D eigenvalue weighted by Crippen LogP contribution is 2.32. The van der Waals surface area contributed by atoms with Gasteiger partial charge in [0.25, 0.3) is 0 Å². The molecule has 0 radical (unpaired) electrons. The van der Waals surface area contributed by atoms with Gasteiger partial charge in [0.1, 0.15) is 0 Å². The van der Waals surface area contributed by atoms with Crippen molar-refractivity contribution in [3.8, 4) is 0 Å². The van der Waals surface area contributed by atoms with Gasteiger partial charge in [0, 0.05) is 11.6 Å². The molecule has 1 aliphatic rings. The van der Waals surface area contributed by atoms with Crippen LogP contribution in [0.25, 0.3) is 0 Å². The number of aliphatic carboxylic acids is 1. The fourth-order valence-corrected chi connectivity index (χ4v) is 2.39. The highest BCUT2D eigenvalue weighted by molar-refractivity contribution is 5.93. The number of aryl methyl sites for hydroxylation is 1. The van der Waals surface area contributed by atoms with Crippen molar-refractivity contribution in [2.24, 2.45) is 11.8 Å². The maximum atomic E-state index is 12.0. The highest BCUT2D eigenvalue weighted by Gasteiger charge is 2.33. The molecule has 0 bridgehead atoms. The maximum Gasteiger partial charge on any atom is 0.306 e. The highest BCUT2D eigenvalue weighted by atomic mass is 16.4. The Bertz CT molecular complexity index is 470. The minimum atomic E-state index is -0.791. The van der Waals surface area contributed by atoms with E-state index in [-0.39, 0.29) is 17.7 Å². The largest absolute Gasteiger partial charge is 0.481 e. The Balaban J connectivity index is 1.98. The molecule has 1 saturated carbocycles. The van der Waals surface area contributed by atoms with E-state index in [4.69, 9.17) is 5.11 Å². The van der Waals surface area contributed by atoms with Gasteiger partial charge in [-0.25, -0.2) is 0 Å². The zero-order chi connectivity index (χ0) is 13.1. The molecule has 2 rings (SSSR count). The van der Waals surface area contributed by atoms with Crippen LogP contribution in [0, 0.1) is 18.8 Å². The lowest BCUT2D eigenvalue weighted by Gasteiger charge is -2.12. The number of anilines is 1. The quantitative estimate of drug-likeness (QED) is 0.862. The number of carboxylic acids is 1. The van der Waals surface area contributed by atoms with Crippen LogP contribution in [0.5, 0.6) is 0 Å². The van der Waals surface area contributed by atoms with Crippen LogP contribution < -0.4 is 5.32 Å². The molecule has 4 nitrogen and oxygen atoms in total. The van der Waals surface area contributed by atoms with Crippen LogP contribution in [0.1, 0.15) is 24.8 Å². The molecule has 2 atom stereocenters. The monoisotopic (exact) mass is 247 g/mol. The molecule has 96 valence electrons. The fourth-order valence-electron chi connectivity index (χ4n) is 2.39. The van der Waals surface area contributed by atoms with Crippen molar-refractivity contribution in [2.45, 2.75) is 26.2 Å². The molecular formula is C14H17NO3. The molecule has 1 aromatic rings. The van der Waals surface area contributed by atoms with Crippen molar-refractivity contribution in [3.05, 3.63) is 29.8 Å². The summed E-state index contributed by atoms with van der Waals surface area (Å²) < 4.78 is 0. The van der Waals surface area contributed by atoms with Crippen molar-refractivity contribution in [3.63, 3.8) is 0 Å². The van der Waals surface area contributed by atoms with Gasteiger partial charge >= 0.3 is 5.97 Å². The van der Waals surface area contributed by atoms with Gasteiger partial charge in [0.15, 0.2) is 0 Å². The number of amides is 1. The second-order valence-electron chi connectivity index (χ2n) is 4.85. The molecular weight excluding hydrogens is 230 g/mol. The van der Waals surface area contributed by atoms with Gasteiger partial charge in [-0.15, -0.1) is 0 Å². The predicted octanol–water partition coefficient (Wildman–Crippen LogP) is 2.43. The first-order valence-electron chi connectivity index (χ1n) is 6.17. The summed E-state index contributed by atoms with van der Waals surface area (Å²) >= 11 is 0. The summed E-state index contributed by atoms with van der Waals surface area (Å²) in [5.74, 6) is -1.39. The second kappa shape index (κ2) is 5.21. The average Bonchev–Trinajstić information content (AvgIpc) is 2.81. The number of benzene rings is 1. The minimum Gasteiger partial charge on any atom is -0.481 e. The zero-order valence-corrected chi connectivity index (χ0v) is 10.3. The Labute approximate surface area is 106 Å². The molecule has 0 heterocycles. The van der Waals surface area contributed by atoms with Crippen LogP contribution >= 0.6 is 0 Å². The first-order chi connectivity index (χ1) is 8.58. The van der Waals surface area contributed by atoms with E-state index in [1.165, 1.54) is 0 Å². The van der Waals surface area contributed by atoms with E-state index in [1.54, 1.807) is 0 Å². The number of carbonyl (C=O) groups excluding carboxylic acids is 1. The molecule has 0 aliphatic heterocycles. The lowest BCUT2D eigenvalue weighted by Crippen LogP contribution is -2.22. The summed E-state index contributed by atoms with van der Waals surface area (Å²) in [6, 6.07) is 7.58. The van der Waals surface area contributed by atoms with E-state index < -0.39 is 5.97 Å². The number of hydrogen-bond donors (Lipinski definition) is 2. The van der Waals surface area contributed by atoms with Gasteiger partial charge in [0.05, 0.1) is 5.92 Å². The Morgan fingerprint density at radius 1 is 1.22 bits per heavy atom. The van der Waals surface area contributed by atoms with E-state index in [0.717, 1.165) is 11.3 Å². The normalized spacial score (nSPS) is 22.7. The van der Waals surface area contributed by atoms with Crippen molar-refractivity contribution in [1.29, 1.82) is 0 Å². The molecule has 18 heavy (non-hydrogen) atoms. The van der Waals surface area contributed by atoms with Crippen LogP contribution in [-0.4, -0.2) is 17.0 Å². The summed E-state index contributed by atoms with van der Waals surface area (Å²) in [6.07, 6.45) is 1.71. The number of nitrogens with one attached hydrogen (secondary N) is 1. The third-order valence-corrected chi connectivity index (χ3v) is 3.56.